The summed E-state index contributed by atoms with van der Waals surface area (Å²) in [6.45, 7) is 6.32. The van der Waals surface area contributed by atoms with Gasteiger partial charge in [0.25, 0.3) is 0 Å². The van der Waals surface area contributed by atoms with Crippen LogP contribution in [0.1, 0.15) is 31.7 Å². The van der Waals surface area contributed by atoms with Crippen molar-refractivity contribution in [3.8, 4) is 23.0 Å². The van der Waals surface area contributed by atoms with Gasteiger partial charge in [-0.15, -0.1) is 0 Å². The summed E-state index contributed by atoms with van der Waals surface area (Å²) in [7, 11) is 3.21. The van der Waals surface area contributed by atoms with Crippen molar-refractivity contribution in [3.05, 3.63) is 78.0 Å². The van der Waals surface area contributed by atoms with Gasteiger partial charge in [-0.05, 0) is 38.0 Å². The van der Waals surface area contributed by atoms with E-state index in [2.05, 4.69) is 37.0 Å². The highest BCUT2D eigenvalue weighted by Crippen LogP contribution is 2.37. The van der Waals surface area contributed by atoms with Crippen LogP contribution >= 0.6 is 11.6 Å². The molecule has 11 heteroatoms. The van der Waals surface area contributed by atoms with Crippen LogP contribution in [-0.2, 0) is 0 Å². The van der Waals surface area contributed by atoms with Crippen molar-refractivity contribution in [1.82, 2.24) is 19.9 Å². The Labute approximate surface area is 261 Å². The number of rotatable bonds is 8. The molecule has 3 aromatic carbocycles. The predicted molar refractivity (Wildman–Crippen MR) is 172 cm³/mol. The number of hydrogen-bond donors (Lipinski definition) is 1. The zero-order valence-corrected chi connectivity index (χ0v) is 26.0. The first-order chi connectivity index (χ1) is 21.4. The molecular formula is C33H36ClN5O5. The lowest BCUT2D eigenvalue weighted by Crippen LogP contribution is -2.42. The van der Waals surface area contributed by atoms with E-state index in [9.17, 15) is 5.11 Å². The van der Waals surface area contributed by atoms with Crippen LogP contribution in [0.2, 0.25) is 5.15 Å². The minimum atomic E-state index is -0.409. The topological polar surface area (TPSA) is 112 Å². The van der Waals surface area contributed by atoms with E-state index in [4.69, 9.17) is 30.5 Å². The fraction of sp³-hybridized carbons (Fsp3) is 0.333. The molecular weight excluding hydrogens is 582 g/mol. The van der Waals surface area contributed by atoms with Crippen LogP contribution in [0, 0.1) is 0 Å². The van der Waals surface area contributed by atoms with Crippen LogP contribution in [-0.4, -0.2) is 71.7 Å². The number of benzene rings is 3. The SMILES string of the molecule is CCOc1cc2ncnc(Cl)c2cc1OC.CCOc1cc2ncnc(N3CC(O)CC(c4ccccc4)C3)c2cc1OC. The molecule has 230 valence electrons. The first-order valence-electron chi connectivity index (χ1n) is 14.5. The lowest BCUT2D eigenvalue weighted by Gasteiger charge is -2.37. The van der Waals surface area contributed by atoms with Gasteiger partial charge in [0.1, 0.15) is 23.6 Å². The molecule has 6 rings (SSSR count). The maximum Gasteiger partial charge on any atom is 0.163 e. The van der Waals surface area contributed by atoms with E-state index >= 15 is 0 Å². The zero-order valence-electron chi connectivity index (χ0n) is 25.2. The molecule has 0 spiro atoms. The Morgan fingerprint density at radius 1 is 0.773 bits per heavy atom. The molecule has 3 heterocycles. The molecule has 0 bridgehead atoms. The summed E-state index contributed by atoms with van der Waals surface area (Å²) in [5, 5.41) is 12.6. The number of halogens is 1. The molecule has 44 heavy (non-hydrogen) atoms. The normalized spacial score (nSPS) is 16.3. The van der Waals surface area contributed by atoms with Crippen molar-refractivity contribution >= 4 is 39.2 Å². The number of β-amino-alcohol motifs (C(OH)–C–C–N with tert-alkyl or cyclic N) is 1. The molecule has 0 aliphatic carbocycles. The summed E-state index contributed by atoms with van der Waals surface area (Å²) < 4.78 is 21.9. The molecule has 10 nitrogen and oxygen atoms in total. The van der Waals surface area contributed by atoms with Crippen LogP contribution < -0.4 is 23.8 Å². The number of aromatic nitrogens is 4. The molecule has 0 saturated carbocycles. The maximum absolute atomic E-state index is 10.5. The van der Waals surface area contributed by atoms with E-state index in [1.165, 1.54) is 11.9 Å². The molecule has 0 amide bonds. The van der Waals surface area contributed by atoms with E-state index in [0.29, 0.717) is 47.9 Å². The summed E-state index contributed by atoms with van der Waals surface area (Å²) in [6, 6.07) is 17.7. The Balaban J connectivity index is 0.000000204. The zero-order chi connectivity index (χ0) is 31.1. The molecule has 1 saturated heterocycles. The predicted octanol–water partition coefficient (Wildman–Crippen LogP) is 6.08. The highest BCUT2D eigenvalue weighted by atomic mass is 35.5. The van der Waals surface area contributed by atoms with Gasteiger partial charge in [0.15, 0.2) is 23.0 Å². The summed E-state index contributed by atoms with van der Waals surface area (Å²) in [5.41, 5.74) is 2.77. The average molecular weight is 618 g/mol. The second-order valence-electron chi connectivity index (χ2n) is 10.2. The summed E-state index contributed by atoms with van der Waals surface area (Å²) >= 11 is 5.97. The third-order valence-electron chi connectivity index (χ3n) is 7.37. The third kappa shape index (κ3) is 6.87. The smallest absolute Gasteiger partial charge is 0.163 e. The lowest BCUT2D eigenvalue weighted by molar-refractivity contribution is 0.144. The quantitative estimate of drug-likeness (QED) is 0.206. The van der Waals surface area contributed by atoms with Gasteiger partial charge in [0.2, 0.25) is 0 Å². The van der Waals surface area contributed by atoms with E-state index < -0.39 is 6.10 Å². The van der Waals surface area contributed by atoms with Gasteiger partial charge in [-0.1, -0.05) is 41.9 Å². The first kappa shape index (κ1) is 31.0. The molecule has 2 atom stereocenters. The van der Waals surface area contributed by atoms with Crippen LogP contribution in [0.25, 0.3) is 21.8 Å². The second kappa shape index (κ2) is 14.4. The molecule has 1 aliphatic heterocycles. The van der Waals surface area contributed by atoms with Crippen LogP contribution in [0.15, 0.2) is 67.3 Å². The number of piperidine rings is 1. The lowest BCUT2D eigenvalue weighted by atomic mass is 9.89. The van der Waals surface area contributed by atoms with E-state index in [0.717, 1.165) is 40.6 Å². The fourth-order valence-electron chi connectivity index (χ4n) is 5.40. The number of ether oxygens (including phenoxy) is 4. The Bertz CT molecular complexity index is 1710. The third-order valence-corrected chi connectivity index (χ3v) is 7.67. The van der Waals surface area contributed by atoms with Crippen LogP contribution in [0.4, 0.5) is 5.82 Å². The number of aliphatic hydroxyl groups excluding tert-OH is 1. The summed E-state index contributed by atoms with van der Waals surface area (Å²) in [6.07, 6.45) is 3.33. The van der Waals surface area contributed by atoms with Gasteiger partial charge in [0.05, 0.1) is 44.6 Å². The standard InChI is InChI=1S/C22H25N3O3.C11H11ClN2O2/c1-3-28-21-11-19-18(10-20(21)27-2)22(24-14-23-19)25-12-16(9-17(26)13-25)15-7-5-4-6-8-15;1-3-16-10-5-8-7(4-9(10)15-2)11(12)14-6-13-8/h4-8,10-11,14,16-17,26H,3,9,12-13H2,1-2H3;4-6H,3H2,1-2H3. The Morgan fingerprint density at radius 2 is 1.36 bits per heavy atom. The molecule has 0 radical (unpaired) electrons. The van der Waals surface area contributed by atoms with Gasteiger partial charge in [0, 0.05) is 41.9 Å². The van der Waals surface area contributed by atoms with Gasteiger partial charge in [-0.3, -0.25) is 0 Å². The molecule has 2 unspecified atom stereocenters. The van der Waals surface area contributed by atoms with Crippen molar-refractivity contribution in [2.24, 2.45) is 0 Å². The molecule has 2 aromatic heterocycles. The van der Waals surface area contributed by atoms with Crippen LogP contribution in [0.3, 0.4) is 0 Å². The van der Waals surface area contributed by atoms with Crippen molar-refractivity contribution < 1.29 is 24.1 Å². The summed E-state index contributed by atoms with van der Waals surface area (Å²) in [4.78, 5) is 19.2. The monoisotopic (exact) mass is 617 g/mol. The molecule has 1 fully saturated rings. The highest BCUT2D eigenvalue weighted by molar-refractivity contribution is 6.34. The summed E-state index contributed by atoms with van der Waals surface area (Å²) in [5.74, 6) is 3.68. The number of hydrogen-bond acceptors (Lipinski definition) is 10. The average Bonchev–Trinajstić information content (AvgIpc) is 3.05. The Hall–Kier alpha value is -4.41. The highest BCUT2D eigenvalue weighted by Gasteiger charge is 2.29. The van der Waals surface area contributed by atoms with Gasteiger partial charge in [-0.2, -0.15) is 0 Å². The van der Waals surface area contributed by atoms with Gasteiger partial charge in [-0.25, -0.2) is 19.9 Å². The largest absolute Gasteiger partial charge is 0.493 e. The van der Waals surface area contributed by atoms with Gasteiger partial charge < -0.3 is 29.0 Å². The van der Waals surface area contributed by atoms with Crippen molar-refractivity contribution in [1.29, 1.82) is 0 Å². The Morgan fingerprint density at radius 3 is 1.98 bits per heavy atom. The number of fused-ring (bicyclic) bond motifs is 2. The molecule has 1 N–H and O–H groups in total. The number of nitrogens with zero attached hydrogens (tertiary/aromatic N) is 5. The number of aliphatic hydroxyl groups is 1. The van der Waals surface area contributed by atoms with E-state index in [-0.39, 0.29) is 5.92 Å². The fourth-order valence-corrected chi connectivity index (χ4v) is 5.60. The maximum atomic E-state index is 10.5. The number of anilines is 1. The minimum Gasteiger partial charge on any atom is -0.493 e. The van der Waals surface area contributed by atoms with Crippen molar-refractivity contribution in [2.45, 2.75) is 32.3 Å². The van der Waals surface area contributed by atoms with Crippen molar-refractivity contribution in [2.75, 3.05) is 45.4 Å². The van der Waals surface area contributed by atoms with E-state index in [1.807, 2.05) is 44.2 Å². The van der Waals surface area contributed by atoms with Crippen molar-refractivity contribution in [3.63, 3.8) is 0 Å². The number of methoxy groups -OCH3 is 2. The minimum absolute atomic E-state index is 0.250. The molecule has 1 aliphatic rings. The molecule has 5 aromatic rings. The first-order valence-corrected chi connectivity index (χ1v) is 14.9. The van der Waals surface area contributed by atoms with E-state index in [1.54, 1.807) is 32.7 Å². The van der Waals surface area contributed by atoms with Gasteiger partial charge >= 0.3 is 0 Å². The van der Waals surface area contributed by atoms with Crippen LogP contribution in [0.5, 0.6) is 23.0 Å². The Kier molecular flexibility index (Phi) is 10.1. The second-order valence-corrected chi connectivity index (χ2v) is 10.5.